The van der Waals surface area contributed by atoms with Gasteiger partial charge in [0.15, 0.2) is 0 Å². The van der Waals surface area contributed by atoms with Gasteiger partial charge in [0.2, 0.25) is 0 Å². The first-order valence-electron chi connectivity index (χ1n) is 7.59. The maximum atomic E-state index is 4.31. The van der Waals surface area contributed by atoms with Crippen molar-refractivity contribution < 1.29 is 0 Å². The number of nitrogens with zero attached hydrogens (tertiary/aromatic N) is 3. The summed E-state index contributed by atoms with van der Waals surface area (Å²) in [5.74, 6) is 0.690. The highest BCUT2D eigenvalue weighted by atomic mass is 15.1. The van der Waals surface area contributed by atoms with Crippen molar-refractivity contribution in [2.75, 3.05) is 6.54 Å². The van der Waals surface area contributed by atoms with Gasteiger partial charge >= 0.3 is 0 Å². The van der Waals surface area contributed by atoms with Crippen molar-refractivity contribution in [3.8, 4) is 0 Å². The molecule has 0 aromatic carbocycles. The molecule has 1 saturated carbocycles. The largest absolute Gasteiger partial charge is 0.344 e. The predicted molar refractivity (Wildman–Crippen MR) is 80.6 cm³/mol. The summed E-state index contributed by atoms with van der Waals surface area (Å²) in [4.78, 5) is 4.31. The smallest absolute Gasteiger partial charge is 0.0951 e. The fourth-order valence-corrected chi connectivity index (χ4v) is 2.56. The zero-order valence-corrected chi connectivity index (χ0v) is 12.4. The van der Waals surface area contributed by atoms with E-state index in [4.69, 9.17) is 0 Å². The average molecular weight is 272 g/mol. The zero-order chi connectivity index (χ0) is 13.9. The number of rotatable bonds is 7. The number of nitrogens with one attached hydrogen (secondary N) is 1. The van der Waals surface area contributed by atoms with E-state index in [0.717, 1.165) is 19.6 Å². The van der Waals surface area contributed by atoms with E-state index >= 15 is 0 Å². The zero-order valence-electron chi connectivity index (χ0n) is 12.4. The van der Waals surface area contributed by atoms with E-state index in [1.807, 2.05) is 12.5 Å². The summed E-state index contributed by atoms with van der Waals surface area (Å²) < 4.78 is 4.66. The molecular weight excluding hydrogens is 248 g/mol. The number of hydrogen-bond donors (Lipinski definition) is 1. The lowest BCUT2D eigenvalue weighted by Gasteiger charge is -2.13. The first-order valence-corrected chi connectivity index (χ1v) is 7.59. The van der Waals surface area contributed by atoms with Crippen molar-refractivity contribution in [3.05, 3.63) is 42.2 Å². The van der Waals surface area contributed by atoms with Crippen molar-refractivity contribution in [2.24, 2.45) is 5.92 Å². The molecule has 0 aliphatic heterocycles. The van der Waals surface area contributed by atoms with E-state index in [-0.39, 0.29) is 0 Å². The number of hydrogen-bond acceptors (Lipinski definition) is 2. The third-order valence-corrected chi connectivity index (χ3v) is 3.80. The lowest BCUT2D eigenvalue weighted by Crippen LogP contribution is -2.21. The molecule has 0 atom stereocenters. The Morgan fingerprint density at radius 3 is 2.95 bits per heavy atom. The van der Waals surface area contributed by atoms with Gasteiger partial charge in [0, 0.05) is 30.7 Å². The SMILES string of the molecule is CC(C)CNCc1cccn1Cc1cncn1C1CC1. The molecule has 0 spiro atoms. The Labute approximate surface area is 120 Å². The molecule has 0 radical (unpaired) electrons. The summed E-state index contributed by atoms with van der Waals surface area (Å²) in [6.45, 7) is 7.39. The van der Waals surface area contributed by atoms with Crippen molar-refractivity contribution in [2.45, 2.75) is 45.8 Å². The Hall–Kier alpha value is -1.55. The standard InChI is InChI=1S/C16H24N4/c1-13(2)8-17-9-15-4-3-7-19(15)11-16-10-18-12-20(16)14-5-6-14/h3-4,7,10,12-14,17H,5-6,8-9,11H2,1-2H3. The Kier molecular flexibility index (Phi) is 3.92. The van der Waals surface area contributed by atoms with Crippen LogP contribution in [-0.2, 0) is 13.1 Å². The van der Waals surface area contributed by atoms with Crippen molar-refractivity contribution in [3.63, 3.8) is 0 Å². The monoisotopic (exact) mass is 272 g/mol. The van der Waals surface area contributed by atoms with Crippen LogP contribution in [0.2, 0.25) is 0 Å². The van der Waals surface area contributed by atoms with Gasteiger partial charge in [0.1, 0.15) is 0 Å². The molecule has 20 heavy (non-hydrogen) atoms. The fourth-order valence-electron chi connectivity index (χ4n) is 2.56. The average Bonchev–Trinajstić information content (AvgIpc) is 3.00. The fraction of sp³-hybridized carbons (Fsp3) is 0.562. The summed E-state index contributed by atoms with van der Waals surface area (Å²) in [7, 11) is 0. The maximum Gasteiger partial charge on any atom is 0.0951 e. The van der Waals surface area contributed by atoms with Crippen LogP contribution in [0, 0.1) is 5.92 Å². The number of imidazole rings is 1. The Bertz CT molecular complexity index is 548. The summed E-state index contributed by atoms with van der Waals surface area (Å²) in [5, 5.41) is 3.51. The van der Waals surface area contributed by atoms with Crippen LogP contribution in [0.3, 0.4) is 0 Å². The second-order valence-electron chi connectivity index (χ2n) is 6.18. The molecule has 108 valence electrons. The minimum Gasteiger partial charge on any atom is -0.344 e. The Morgan fingerprint density at radius 1 is 1.35 bits per heavy atom. The predicted octanol–water partition coefficient (Wildman–Crippen LogP) is 2.81. The molecule has 1 N–H and O–H groups in total. The van der Waals surface area contributed by atoms with Crippen molar-refractivity contribution >= 4 is 0 Å². The highest BCUT2D eigenvalue weighted by Gasteiger charge is 2.25. The summed E-state index contributed by atoms with van der Waals surface area (Å²) in [5.41, 5.74) is 2.66. The van der Waals surface area contributed by atoms with Gasteiger partial charge in [-0.3, -0.25) is 0 Å². The van der Waals surface area contributed by atoms with Gasteiger partial charge in [-0.25, -0.2) is 4.98 Å². The van der Waals surface area contributed by atoms with Crippen LogP contribution in [0.4, 0.5) is 0 Å². The summed E-state index contributed by atoms with van der Waals surface area (Å²) in [6, 6.07) is 5.03. The topological polar surface area (TPSA) is 34.8 Å². The van der Waals surface area contributed by atoms with E-state index in [1.54, 1.807) is 0 Å². The molecule has 2 aromatic heterocycles. The maximum absolute atomic E-state index is 4.31. The van der Waals surface area contributed by atoms with Crippen LogP contribution in [0.5, 0.6) is 0 Å². The lowest BCUT2D eigenvalue weighted by molar-refractivity contribution is 0.536. The summed E-state index contributed by atoms with van der Waals surface area (Å²) >= 11 is 0. The molecule has 4 nitrogen and oxygen atoms in total. The first-order chi connectivity index (χ1) is 9.74. The third-order valence-electron chi connectivity index (χ3n) is 3.80. The van der Waals surface area contributed by atoms with Crippen molar-refractivity contribution in [1.29, 1.82) is 0 Å². The Morgan fingerprint density at radius 2 is 2.20 bits per heavy atom. The van der Waals surface area contributed by atoms with Crippen LogP contribution in [0.1, 0.15) is 44.1 Å². The van der Waals surface area contributed by atoms with E-state index < -0.39 is 0 Å². The normalized spacial score (nSPS) is 15.2. The minimum absolute atomic E-state index is 0.690. The van der Waals surface area contributed by atoms with E-state index in [9.17, 15) is 0 Å². The van der Waals surface area contributed by atoms with Gasteiger partial charge in [0.05, 0.1) is 18.6 Å². The lowest BCUT2D eigenvalue weighted by atomic mass is 10.2. The highest BCUT2D eigenvalue weighted by molar-refractivity contribution is 5.11. The second kappa shape index (κ2) is 5.83. The highest BCUT2D eigenvalue weighted by Crippen LogP contribution is 2.35. The second-order valence-corrected chi connectivity index (χ2v) is 6.18. The van der Waals surface area contributed by atoms with Gasteiger partial charge in [0.25, 0.3) is 0 Å². The van der Waals surface area contributed by atoms with Gasteiger partial charge in [-0.05, 0) is 37.4 Å². The molecule has 1 aliphatic carbocycles. The molecule has 0 unspecified atom stereocenters. The molecule has 1 aliphatic rings. The van der Waals surface area contributed by atoms with Gasteiger partial charge in [-0.15, -0.1) is 0 Å². The molecule has 3 rings (SSSR count). The molecular formula is C16H24N4. The molecule has 2 heterocycles. The Balaban J connectivity index is 1.65. The van der Waals surface area contributed by atoms with E-state index in [1.165, 1.54) is 24.2 Å². The molecule has 0 saturated heterocycles. The molecule has 1 fully saturated rings. The van der Waals surface area contributed by atoms with Crippen LogP contribution < -0.4 is 5.32 Å². The van der Waals surface area contributed by atoms with Crippen molar-refractivity contribution in [1.82, 2.24) is 19.4 Å². The minimum atomic E-state index is 0.690. The van der Waals surface area contributed by atoms with E-state index in [2.05, 4.69) is 51.6 Å². The quantitative estimate of drug-likeness (QED) is 0.841. The van der Waals surface area contributed by atoms with Crippen LogP contribution in [-0.4, -0.2) is 20.7 Å². The summed E-state index contributed by atoms with van der Waals surface area (Å²) in [6.07, 6.45) is 8.75. The van der Waals surface area contributed by atoms with Crippen LogP contribution >= 0.6 is 0 Å². The molecule has 0 amide bonds. The number of aromatic nitrogens is 3. The molecule has 4 heteroatoms. The van der Waals surface area contributed by atoms with Crippen LogP contribution in [0.25, 0.3) is 0 Å². The van der Waals surface area contributed by atoms with Gasteiger partial charge in [-0.1, -0.05) is 13.8 Å². The first kappa shape index (κ1) is 13.4. The van der Waals surface area contributed by atoms with E-state index in [0.29, 0.717) is 12.0 Å². The molecule has 2 aromatic rings. The third kappa shape index (κ3) is 3.12. The van der Waals surface area contributed by atoms with Crippen LogP contribution in [0.15, 0.2) is 30.9 Å². The van der Waals surface area contributed by atoms with Gasteiger partial charge in [-0.2, -0.15) is 0 Å². The molecule has 0 bridgehead atoms. The van der Waals surface area contributed by atoms with Gasteiger partial charge < -0.3 is 14.5 Å².